The van der Waals surface area contributed by atoms with E-state index in [0.717, 1.165) is 53.5 Å². The number of hydrogen-bond acceptors (Lipinski definition) is 9. The Balaban J connectivity index is 1.36. The van der Waals surface area contributed by atoms with E-state index in [1.165, 1.54) is 0 Å². The van der Waals surface area contributed by atoms with Crippen molar-refractivity contribution in [1.29, 1.82) is 0 Å². The summed E-state index contributed by atoms with van der Waals surface area (Å²) in [5, 5.41) is 10.5. The molecule has 1 saturated carbocycles. The maximum absolute atomic E-state index is 12.8. The van der Waals surface area contributed by atoms with Gasteiger partial charge in [-0.05, 0) is 89.5 Å². The lowest BCUT2D eigenvalue weighted by Gasteiger charge is -2.31. The number of ether oxygens (including phenoxy) is 7. The lowest BCUT2D eigenvalue weighted by atomic mass is 9.82. The Morgan fingerprint density at radius 1 is 0.755 bits per heavy atom. The smallest absolute Gasteiger partial charge is 0.339 e. The number of allylic oxidation sites excluding steroid dienone is 1. The number of aryl methyl sites for hydroxylation is 3. The Morgan fingerprint density at radius 3 is 1.82 bits per heavy atom. The highest BCUT2D eigenvalue weighted by molar-refractivity contribution is 6.17. The van der Waals surface area contributed by atoms with E-state index in [9.17, 15) is 14.7 Å². The summed E-state index contributed by atoms with van der Waals surface area (Å²) in [5.41, 5.74) is 4.46. The van der Waals surface area contributed by atoms with Crippen molar-refractivity contribution >= 4 is 17.5 Å². The average molecular weight is 685 g/mol. The van der Waals surface area contributed by atoms with E-state index in [-0.39, 0.29) is 24.2 Å². The number of rotatable bonds is 21. The van der Waals surface area contributed by atoms with E-state index in [4.69, 9.17) is 33.2 Å². The van der Waals surface area contributed by atoms with Crippen LogP contribution in [0.3, 0.4) is 0 Å². The van der Waals surface area contributed by atoms with Crippen molar-refractivity contribution in [3.05, 3.63) is 76.0 Å². The molecule has 10 nitrogen and oxygen atoms in total. The highest BCUT2D eigenvalue weighted by atomic mass is 16.6. The van der Waals surface area contributed by atoms with Gasteiger partial charge in [-0.2, -0.15) is 0 Å². The third kappa shape index (κ3) is 15.0. The van der Waals surface area contributed by atoms with E-state index in [1.807, 2.05) is 84.0 Å². The van der Waals surface area contributed by atoms with Gasteiger partial charge >= 0.3 is 11.9 Å². The van der Waals surface area contributed by atoms with Gasteiger partial charge in [0.1, 0.15) is 30.1 Å². The molecular formula is C39H56O10. The van der Waals surface area contributed by atoms with Gasteiger partial charge in [0.05, 0.1) is 59.0 Å². The molecule has 1 aliphatic carbocycles. The quantitative estimate of drug-likeness (QED) is 0.0666. The number of hydrogen-bond donors (Lipinski definition) is 1. The zero-order valence-electron chi connectivity index (χ0n) is 30.2. The topological polar surface area (TPSA) is 119 Å². The van der Waals surface area contributed by atoms with Gasteiger partial charge in [-0.25, -0.2) is 9.59 Å². The molecule has 0 spiro atoms. The summed E-state index contributed by atoms with van der Waals surface area (Å²) in [4.78, 5) is 24.4. The number of carboxylic acid groups (broad SMARTS) is 1. The Morgan fingerprint density at radius 2 is 1.29 bits per heavy atom. The molecule has 272 valence electrons. The molecule has 0 bridgehead atoms. The second kappa shape index (κ2) is 21.1. The van der Waals surface area contributed by atoms with Crippen LogP contribution in [0.5, 0.6) is 0 Å². The molecule has 3 rings (SSSR count). The summed E-state index contributed by atoms with van der Waals surface area (Å²) in [5.74, 6) is -0.815. The number of aliphatic carboxylic acids is 1. The van der Waals surface area contributed by atoms with Crippen LogP contribution in [0.2, 0.25) is 0 Å². The van der Waals surface area contributed by atoms with Gasteiger partial charge < -0.3 is 38.3 Å². The SMILES string of the molecule is Cc1cc(C)c(/C(C(=O)O)=C(\OCc2ccccc2)C2CCC(OCCOCCOCCOCCOCC(=O)OC(C)(C)C)CC2)c(C)c1. The zero-order valence-corrected chi connectivity index (χ0v) is 30.2. The lowest BCUT2D eigenvalue weighted by molar-refractivity contribution is -0.160. The van der Waals surface area contributed by atoms with E-state index in [0.29, 0.717) is 65.2 Å². The average Bonchev–Trinajstić information content (AvgIpc) is 3.03. The fourth-order valence-corrected chi connectivity index (χ4v) is 5.99. The predicted molar refractivity (Wildman–Crippen MR) is 187 cm³/mol. The van der Waals surface area contributed by atoms with Gasteiger partial charge in [0.2, 0.25) is 0 Å². The molecule has 1 aliphatic rings. The van der Waals surface area contributed by atoms with Crippen LogP contribution in [-0.2, 0) is 49.4 Å². The zero-order chi connectivity index (χ0) is 35.6. The third-order valence-corrected chi connectivity index (χ3v) is 8.01. The minimum atomic E-state index is -0.966. The van der Waals surface area contributed by atoms with Crippen molar-refractivity contribution in [3.8, 4) is 0 Å². The first kappa shape index (κ1) is 40.2. The summed E-state index contributed by atoms with van der Waals surface area (Å²) >= 11 is 0. The van der Waals surface area contributed by atoms with Crippen molar-refractivity contribution in [2.75, 3.05) is 59.5 Å². The molecule has 0 radical (unpaired) electrons. The highest BCUT2D eigenvalue weighted by Crippen LogP contribution is 2.38. The first-order valence-electron chi connectivity index (χ1n) is 17.3. The fraction of sp³-hybridized carbons (Fsp3) is 0.590. The second-order valence-corrected chi connectivity index (χ2v) is 13.4. The molecule has 2 aromatic rings. The van der Waals surface area contributed by atoms with Gasteiger partial charge in [0.15, 0.2) is 0 Å². The van der Waals surface area contributed by atoms with Crippen LogP contribution in [0.1, 0.15) is 74.3 Å². The Hall–Kier alpha value is -3.28. The Labute approximate surface area is 292 Å². The summed E-state index contributed by atoms with van der Waals surface area (Å²) < 4.78 is 39.6. The first-order valence-corrected chi connectivity index (χ1v) is 17.3. The van der Waals surface area contributed by atoms with Crippen molar-refractivity contribution in [3.63, 3.8) is 0 Å². The van der Waals surface area contributed by atoms with Crippen LogP contribution in [0.4, 0.5) is 0 Å². The standard InChI is InChI=1S/C39H56O10/c1-28-24-29(2)35(30(3)25-28)36(38(41)42)37(48-26-31-10-8-7-9-11-31)32-12-14-33(15-13-32)47-23-22-45-19-18-43-16-17-44-20-21-46-27-34(40)49-39(4,5)6/h7-11,24-25,32-33H,12-23,26-27H2,1-6H3,(H,41,42)/b37-36+. The Bertz CT molecular complexity index is 1300. The van der Waals surface area contributed by atoms with E-state index < -0.39 is 17.5 Å². The number of carboxylic acids is 1. The molecule has 2 aromatic carbocycles. The normalized spacial score (nSPS) is 17.0. The van der Waals surface area contributed by atoms with Crippen molar-refractivity contribution < 1.29 is 47.9 Å². The molecular weight excluding hydrogens is 628 g/mol. The maximum atomic E-state index is 12.8. The molecule has 0 aromatic heterocycles. The highest BCUT2D eigenvalue weighted by Gasteiger charge is 2.31. The predicted octanol–water partition coefficient (Wildman–Crippen LogP) is 6.61. The number of esters is 1. The summed E-state index contributed by atoms with van der Waals surface area (Å²) in [6.45, 7) is 15.0. The maximum Gasteiger partial charge on any atom is 0.339 e. The number of carbonyl (C=O) groups is 2. The number of carbonyl (C=O) groups excluding carboxylic acids is 1. The fourth-order valence-electron chi connectivity index (χ4n) is 5.99. The van der Waals surface area contributed by atoms with Crippen LogP contribution in [0.15, 0.2) is 48.2 Å². The minimum Gasteiger partial charge on any atom is -0.492 e. The molecule has 0 unspecified atom stereocenters. The molecule has 0 atom stereocenters. The van der Waals surface area contributed by atoms with E-state index >= 15 is 0 Å². The molecule has 10 heteroatoms. The molecule has 0 aliphatic heterocycles. The largest absolute Gasteiger partial charge is 0.492 e. The van der Waals surface area contributed by atoms with E-state index in [2.05, 4.69) is 0 Å². The van der Waals surface area contributed by atoms with Crippen LogP contribution in [-0.4, -0.2) is 88.2 Å². The first-order chi connectivity index (χ1) is 23.4. The van der Waals surface area contributed by atoms with Crippen molar-refractivity contribution in [2.45, 2.75) is 85.5 Å². The van der Waals surface area contributed by atoms with Gasteiger partial charge in [-0.1, -0.05) is 48.0 Å². The molecule has 0 amide bonds. The molecule has 0 saturated heterocycles. The second-order valence-electron chi connectivity index (χ2n) is 13.4. The lowest BCUT2D eigenvalue weighted by Crippen LogP contribution is -2.27. The van der Waals surface area contributed by atoms with Gasteiger partial charge in [0, 0.05) is 5.92 Å². The monoisotopic (exact) mass is 684 g/mol. The third-order valence-electron chi connectivity index (χ3n) is 8.01. The van der Waals surface area contributed by atoms with E-state index in [1.54, 1.807) is 0 Å². The summed E-state index contributed by atoms with van der Waals surface area (Å²) in [6, 6.07) is 13.9. The summed E-state index contributed by atoms with van der Waals surface area (Å²) in [7, 11) is 0. The van der Waals surface area contributed by atoms with Crippen LogP contribution in [0, 0.1) is 26.7 Å². The van der Waals surface area contributed by atoms with Crippen LogP contribution < -0.4 is 0 Å². The van der Waals surface area contributed by atoms with Crippen molar-refractivity contribution in [2.24, 2.45) is 5.92 Å². The van der Waals surface area contributed by atoms with Gasteiger partial charge in [-0.3, -0.25) is 0 Å². The Kier molecular flexibility index (Phi) is 17.3. The van der Waals surface area contributed by atoms with Crippen molar-refractivity contribution in [1.82, 2.24) is 0 Å². The van der Waals surface area contributed by atoms with Gasteiger partial charge in [0.25, 0.3) is 0 Å². The van der Waals surface area contributed by atoms with Gasteiger partial charge in [-0.15, -0.1) is 0 Å². The van der Waals surface area contributed by atoms with Crippen LogP contribution >= 0.6 is 0 Å². The molecule has 1 fully saturated rings. The molecule has 0 heterocycles. The summed E-state index contributed by atoms with van der Waals surface area (Å²) in [6.07, 6.45) is 3.28. The minimum absolute atomic E-state index is 0.0168. The number of benzene rings is 2. The van der Waals surface area contributed by atoms with Crippen LogP contribution in [0.25, 0.3) is 5.57 Å². The molecule has 1 N–H and O–H groups in total. The molecule has 49 heavy (non-hydrogen) atoms.